The molecule has 8 heteroatoms. The molecule has 0 radical (unpaired) electrons. The highest BCUT2D eigenvalue weighted by Crippen LogP contribution is 2.30. The molecule has 0 amide bonds. The SMILES string of the molecule is OCCNc1cc(C(F)(F)F)n2nccc2n1. The summed E-state index contributed by atoms with van der Waals surface area (Å²) < 4.78 is 38.9. The van der Waals surface area contributed by atoms with Gasteiger partial charge in [-0.25, -0.2) is 9.50 Å². The third-order valence-electron chi connectivity index (χ3n) is 2.07. The van der Waals surface area contributed by atoms with Crippen LogP contribution in [-0.2, 0) is 6.18 Å². The van der Waals surface area contributed by atoms with E-state index in [-0.39, 0.29) is 24.6 Å². The molecule has 2 aromatic heterocycles. The molecule has 2 heterocycles. The first-order valence-electron chi connectivity index (χ1n) is 4.79. The maximum Gasteiger partial charge on any atom is 0.433 e. The van der Waals surface area contributed by atoms with Crippen molar-refractivity contribution in [1.82, 2.24) is 14.6 Å². The Labute approximate surface area is 93.9 Å². The number of fused-ring (bicyclic) bond motifs is 1. The number of nitrogens with one attached hydrogen (secondary N) is 1. The van der Waals surface area contributed by atoms with Crippen molar-refractivity contribution in [2.75, 3.05) is 18.5 Å². The zero-order valence-electron chi connectivity index (χ0n) is 8.57. The van der Waals surface area contributed by atoms with Crippen molar-refractivity contribution < 1.29 is 18.3 Å². The van der Waals surface area contributed by atoms with Crippen LogP contribution in [0.4, 0.5) is 19.0 Å². The zero-order valence-corrected chi connectivity index (χ0v) is 8.57. The van der Waals surface area contributed by atoms with Crippen LogP contribution in [0, 0.1) is 0 Å². The van der Waals surface area contributed by atoms with Gasteiger partial charge in [0, 0.05) is 18.7 Å². The summed E-state index contributed by atoms with van der Waals surface area (Å²) in [6.45, 7) is -0.0535. The van der Waals surface area contributed by atoms with Crippen LogP contribution in [0.5, 0.6) is 0 Å². The van der Waals surface area contributed by atoms with Crippen molar-refractivity contribution in [2.45, 2.75) is 6.18 Å². The molecule has 5 nitrogen and oxygen atoms in total. The van der Waals surface area contributed by atoms with Crippen LogP contribution < -0.4 is 5.32 Å². The van der Waals surface area contributed by atoms with E-state index in [1.807, 2.05) is 0 Å². The van der Waals surface area contributed by atoms with E-state index in [9.17, 15) is 13.2 Å². The number of aliphatic hydroxyl groups is 1. The predicted octanol–water partition coefficient (Wildman–Crippen LogP) is 1.15. The standard InChI is InChI=1S/C9H9F3N4O/c10-9(11,12)6-5-7(13-3-4-17)15-8-1-2-14-16(6)8/h1-2,5,17H,3-4H2,(H,13,15). The molecule has 92 valence electrons. The minimum atomic E-state index is -4.51. The lowest BCUT2D eigenvalue weighted by atomic mass is 10.3. The summed E-state index contributed by atoms with van der Waals surface area (Å²) in [5.74, 6) is 0.0550. The highest BCUT2D eigenvalue weighted by Gasteiger charge is 2.34. The van der Waals surface area contributed by atoms with E-state index in [2.05, 4.69) is 15.4 Å². The number of rotatable bonds is 3. The van der Waals surface area contributed by atoms with Crippen LogP contribution in [-0.4, -0.2) is 32.9 Å². The number of anilines is 1. The number of aromatic nitrogens is 3. The first-order chi connectivity index (χ1) is 8.02. The van der Waals surface area contributed by atoms with Gasteiger partial charge in [0.25, 0.3) is 0 Å². The summed E-state index contributed by atoms with van der Waals surface area (Å²) >= 11 is 0. The van der Waals surface area contributed by atoms with Gasteiger partial charge in [0.1, 0.15) is 5.82 Å². The summed E-state index contributed by atoms with van der Waals surface area (Å²) in [6.07, 6.45) is -3.27. The van der Waals surface area contributed by atoms with Crippen molar-refractivity contribution in [3.05, 3.63) is 24.0 Å². The topological polar surface area (TPSA) is 62.5 Å². The molecule has 17 heavy (non-hydrogen) atoms. The van der Waals surface area contributed by atoms with Crippen LogP contribution in [0.3, 0.4) is 0 Å². The highest BCUT2D eigenvalue weighted by molar-refractivity contribution is 5.48. The largest absolute Gasteiger partial charge is 0.433 e. The third-order valence-corrected chi connectivity index (χ3v) is 2.07. The van der Waals surface area contributed by atoms with Gasteiger partial charge >= 0.3 is 6.18 Å². The first-order valence-corrected chi connectivity index (χ1v) is 4.79. The molecule has 0 bridgehead atoms. The van der Waals surface area contributed by atoms with Gasteiger partial charge in [-0.05, 0) is 0 Å². The normalized spacial score (nSPS) is 12.0. The molecule has 0 aliphatic heterocycles. The maximum absolute atomic E-state index is 12.7. The van der Waals surface area contributed by atoms with Gasteiger partial charge in [-0.2, -0.15) is 18.3 Å². The fourth-order valence-corrected chi connectivity index (χ4v) is 1.39. The van der Waals surface area contributed by atoms with E-state index in [1.54, 1.807) is 0 Å². The summed E-state index contributed by atoms with van der Waals surface area (Å²) in [5, 5.41) is 14.8. The zero-order chi connectivity index (χ0) is 12.5. The van der Waals surface area contributed by atoms with Gasteiger partial charge in [-0.3, -0.25) is 0 Å². The number of nitrogens with zero attached hydrogens (tertiary/aromatic N) is 3. The number of halogens is 3. The summed E-state index contributed by atoms with van der Waals surface area (Å²) in [7, 11) is 0. The number of alkyl halides is 3. The van der Waals surface area contributed by atoms with Crippen molar-refractivity contribution >= 4 is 11.5 Å². The van der Waals surface area contributed by atoms with Crippen LogP contribution in [0.25, 0.3) is 5.65 Å². The summed E-state index contributed by atoms with van der Waals surface area (Å²) in [4.78, 5) is 3.93. The van der Waals surface area contributed by atoms with Crippen molar-refractivity contribution in [1.29, 1.82) is 0 Å². The van der Waals surface area contributed by atoms with Gasteiger partial charge in [-0.1, -0.05) is 0 Å². The van der Waals surface area contributed by atoms with Gasteiger partial charge < -0.3 is 10.4 Å². The number of aliphatic hydroxyl groups excluding tert-OH is 1. The Kier molecular flexibility index (Phi) is 2.88. The second kappa shape index (κ2) is 4.21. The van der Waals surface area contributed by atoms with E-state index >= 15 is 0 Å². The van der Waals surface area contributed by atoms with Crippen LogP contribution in [0.15, 0.2) is 18.3 Å². The molecule has 0 saturated carbocycles. The number of hydrogen-bond acceptors (Lipinski definition) is 4. The van der Waals surface area contributed by atoms with Crippen molar-refractivity contribution in [3.8, 4) is 0 Å². The predicted molar refractivity (Wildman–Crippen MR) is 53.6 cm³/mol. The quantitative estimate of drug-likeness (QED) is 0.852. The van der Waals surface area contributed by atoms with E-state index in [0.29, 0.717) is 0 Å². The van der Waals surface area contributed by atoms with Crippen molar-refractivity contribution in [2.24, 2.45) is 0 Å². The summed E-state index contributed by atoms with van der Waals surface area (Å²) in [5.41, 5.74) is -0.812. The van der Waals surface area contributed by atoms with E-state index in [0.717, 1.165) is 10.6 Å². The van der Waals surface area contributed by atoms with E-state index < -0.39 is 11.9 Å². The lowest BCUT2D eigenvalue weighted by molar-refractivity contribution is -0.142. The van der Waals surface area contributed by atoms with Gasteiger partial charge in [0.05, 0.1) is 12.8 Å². The molecular weight excluding hydrogens is 237 g/mol. The second-order valence-electron chi connectivity index (χ2n) is 3.28. The smallest absolute Gasteiger partial charge is 0.395 e. The first kappa shape index (κ1) is 11.6. The van der Waals surface area contributed by atoms with Gasteiger partial charge in [0.15, 0.2) is 11.3 Å². The Balaban J connectivity index is 2.51. The number of hydrogen-bond donors (Lipinski definition) is 2. The molecule has 0 unspecified atom stereocenters. The molecule has 0 atom stereocenters. The second-order valence-corrected chi connectivity index (χ2v) is 3.28. The molecule has 0 aliphatic carbocycles. The minimum Gasteiger partial charge on any atom is -0.395 e. The Morgan fingerprint density at radius 1 is 1.41 bits per heavy atom. The lowest BCUT2D eigenvalue weighted by Crippen LogP contribution is -2.15. The Morgan fingerprint density at radius 3 is 2.82 bits per heavy atom. The molecule has 2 aromatic rings. The highest BCUT2D eigenvalue weighted by atomic mass is 19.4. The molecule has 0 aliphatic rings. The van der Waals surface area contributed by atoms with Gasteiger partial charge in [0.2, 0.25) is 0 Å². The van der Waals surface area contributed by atoms with E-state index in [1.165, 1.54) is 12.3 Å². The Hall–Kier alpha value is -1.83. The Bertz CT molecular complexity index is 522. The maximum atomic E-state index is 12.7. The molecule has 2 rings (SSSR count). The van der Waals surface area contributed by atoms with Crippen LogP contribution in [0.1, 0.15) is 5.69 Å². The van der Waals surface area contributed by atoms with Gasteiger partial charge in [-0.15, -0.1) is 0 Å². The molecule has 0 aromatic carbocycles. The molecule has 0 spiro atoms. The summed E-state index contributed by atoms with van der Waals surface area (Å²) in [6, 6.07) is 2.23. The molecule has 0 saturated heterocycles. The minimum absolute atomic E-state index is 0.0550. The molecular formula is C9H9F3N4O. The fraction of sp³-hybridized carbons (Fsp3) is 0.333. The average molecular weight is 246 g/mol. The molecule has 0 fully saturated rings. The van der Waals surface area contributed by atoms with Crippen LogP contribution >= 0.6 is 0 Å². The monoisotopic (exact) mass is 246 g/mol. The fourth-order valence-electron chi connectivity index (χ4n) is 1.39. The van der Waals surface area contributed by atoms with Crippen molar-refractivity contribution in [3.63, 3.8) is 0 Å². The molecule has 2 N–H and O–H groups in total. The average Bonchev–Trinajstić information content (AvgIpc) is 2.71. The Morgan fingerprint density at radius 2 is 2.18 bits per heavy atom. The van der Waals surface area contributed by atoms with Crippen LogP contribution in [0.2, 0.25) is 0 Å². The lowest BCUT2D eigenvalue weighted by Gasteiger charge is -2.11. The van der Waals surface area contributed by atoms with E-state index in [4.69, 9.17) is 5.11 Å². The third kappa shape index (κ3) is 2.31.